The highest BCUT2D eigenvalue weighted by atomic mass is 32.2. The molecule has 2 amide bonds. The number of sulfonamides is 1. The second kappa shape index (κ2) is 16.2. The van der Waals surface area contributed by atoms with E-state index in [1.807, 2.05) is 50.3 Å². The third-order valence-corrected chi connectivity index (χ3v) is 13.3. The second-order valence-electron chi connectivity index (χ2n) is 17.3. The molecule has 1 aromatic heterocycles. The molecule has 7 atom stereocenters. The van der Waals surface area contributed by atoms with Crippen molar-refractivity contribution in [2.75, 3.05) is 13.2 Å². The molecule has 0 spiro atoms. The number of hydrogen-bond donors (Lipinski definition) is 1. The summed E-state index contributed by atoms with van der Waals surface area (Å²) in [7, 11) is -3.85. The van der Waals surface area contributed by atoms with Crippen LogP contribution in [-0.4, -0.2) is 78.0 Å². The van der Waals surface area contributed by atoms with Gasteiger partial charge < -0.3 is 19.1 Å². The van der Waals surface area contributed by atoms with E-state index in [1.165, 1.54) is 4.90 Å². The van der Waals surface area contributed by atoms with Crippen LogP contribution in [0.1, 0.15) is 106 Å². The van der Waals surface area contributed by atoms with E-state index in [1.54, 1.807) is 27.0 Å². The number of nitrogens with one attached hydrogen (secondary N) is 1. The van der Waals surface area contributed by atoms with Crippen LogP contribution in [0.3, 0.4) is 0 Å². The molecule has 0 bridgehead atoms. The van der Waals surface area contributed by atoms with Crippen LogP contribution in [0.2, 0.25) is 0 Å². The Kier molecular flexibility index (Phi) is 12.0. The van der Waals surface area contributed by atoms with Gasteiger partial charge in [0.05, 0.1) is 48.4 Å². The zero-order valence-electron chi connectivity index (χ0n) is 33.0. The number of aromatic nitrogens is 1. The van der Waals surface area contributed by atoms with Gasteiger partial charge >= 0.3 is 5.97 Å². The van der Waals surface area contributed by atoms with Crippen LogP contribution in [0.4, 0.5) is 0 Å². The van der Waals surface area contributed by atoms with E-state index >= 15 is 0 Å². The zero-order valence-corrected chi connectivity index (χ0v) is 33.9. The summed E-state index contributed by atoms with van der Waals surface area (Å²) in [6.45, 7) is 12.1. The fourth-order valence-electron chi connectivity index (χ4n) is 8.27. The fraction of sp³-hybridized carbons (Fsp3) is 0.643. The Morgan fingerprint density at radius 2 is 1.78 bits per heavy atom. The first-order chi connectivity index (χ1) is 26.0. The van der Waals surface area contributed by atoms with Crippen molar-refractivity contribution in [2.24, 2.45) is 29.1 Å². The van der Waals surface area contributed by atoms with Crippen molar-refractivity contribution >= 4 is 44.4 Å². The minimum absolute atomic E-state index is 0.0605. The van der Waals surface area contributed by atoms with Gasteiger partial charge in [-0.15, -0.1) is 0 Å². The second-order valence-corrected chi connectivity index (χ2v) is 19.3. The van der Waals surface area contributed by atoms with Gasteiger partial charge in [0.2, 0.25) is 27.7 Å². The third-order valence-electron chi connectivity index (χ3n) is 11.4. The number of Topliss-reactive ketones (excluding diaryl/α,β-unsaturated/α-hetero) is 1. The normalized spacial score (nSPS) is 29.7. The molecule has 0 unspecified atom stereocenters. The maximum absolute atomic E-state index is 14.9. The Labute approximate surface area is 325 Å². The minimum atomic E-state index is -3.85. The Bertz CT molecular complexity index is 1920. The molecule has 13 heteroatoms. The number of amides is 2. The van der Waals surface area contributed by atoms with Crippen LogP contribution in [0.25, 0.3) is 10.8 Å². The van der Waals surface area contributed by atoms with Crippen molar-refractivity contribution in [1.82, 2.24) is 14.6 Å². The zero-order chi connectivity index (χ0) is 39.7. The first-order valence-corrected chi connectivity index (χ1v) is 21.5. The molecular formula is C42H57N3O9S. The summed E-state index contributed by atoms with van der Waals surface area (Å²) in [4.78, 5) is 62.8. The van der Waals surface area contributed by atoms with Crippen molar-refractivity contribution in [3.63, 3.8) is 0 Å². The van der Waals surface area contributed by atoms with Gasteiger partial charge in [0.25, 0.3) is 0 Å². The van der Waals surface area contributed by atoms with Crippen molar-refractivity contribution in [1.29, 1.82) is 0 Å². The summed E-state index contributed by atoms with van der Waals surface area (Å²) in [6.07, 6.45) is 9.09. The molecule has 2 aliphatic heterocycles. The van der Waals surface area contributed by atoms with Gasteiger partial charge in [-0.2, -0.15) is 0 Å². The number of hydrogen-bond acceptors (Lipinski definition) is 10. The molecule has 1 aromatic carbocycles. The molecule has 4 aliphatic rings. The van der Waals surface area contributed by atoms with E-state index in [0.29, 0.717) is 43.9 Å². The molecule has 300 valence electrons. The van der Waals surface area contributed by atoms with E-state index in [2.05, 4.69) is 16.6 Å². The maximum atomic E-state index is 14.9. The van der Waals surface area contributed by atoms with Gasteiger partial charge in [0.15, 0.2) is 5.78 Å². The molecule has 1 saturated heterocycles. The van der Waals surface area contributed by atoms with Crippen LogP contribution in [0.5, 0.6) is 11.6 Å². The fourth-order valence-corrected chi connectivity index (χ4v) is 9.65. The summed E-state index contributed by atoms with van der Waals surface area (Å²) in [5.74, 6) is -1.95. The first kappa shape index (κ1) is 40.7. The van der Waals surface area contributed by atoms with E-state index in [0.717, 1.165) is 30.0 Å². The summed E-state index contributed by atoms with van der Waals surface area (Å²) < 4.78 is 46.3. The van der Waals surface area contributed by atoms with E-state index < -0.39 is 56.2 Å². The number of carbonyl (C=O) groups excluding carboxylic acids is 4. The summed E-state index contributed by atoms with van der Waals surface area (Å²) in [6, 6.07) is 6.63. The largest absolute Gasteiger partial charge is 0.491 e. The van der Waals surface area contributed by atoms with Gasteiger partial charge in [0, 0.05) is 23.6 Å². The summed E-state index contributed by atoms with van der Waals surface area (Å²) >= 11 is 0. The van der Waals surface area contributed by atoms with Gasteiger partial charge in [0.1, 0.15) is 17.5 Å². The van der Waals surface area contributed by atoms with Gasteiger partial charge in [-0.25, -0.2) is 13.4 Å². The van der Waals surface area contributed by atoms with Crippen LogP contribution < -0.4 is 14.2 Å². The van der Waals surface area contributed by atoms with Gasteiger partial charge in [-0.3, -0.25) is 23.9 Å². The van der Waals surface area contributed by atoms with Crippen molar-refractivity contribution < 1.29 is 41.8 Å². The number of nitrogens with zero attached hydrogens (tertiary/aromatic N) is 2. The molecule has 3 fully saturated rings. The van der Waals surface area contributed by atoms with Crippen LogP contribution in [0.15, 0.2) is 42.6 Å². The van der Waals surface area contributed by atoms with Gasteiger partial charge in [-0.1, -0.05) is 51.1 Å². The first-order valence-electron chi connectivity index (χ1n) is 20.0. The molecule has 0 radical (unpaired) electrons. The summed E-state index contributed by atoms with van der Waals surface area (Å²) in [5.41, 5.74) is -1.99. The highest BCUT2D eigenvalue weighted by Gasteiger charge is 2.61. The van der Waals surface area contributed by atoms with E-state index in [9.17, 15) is 27.6 Å². The van der Waals surface area contributed by atoms with Crippen molar-refractivity contribution in [3.8, 4) is 11.6 Å². The maximum Gasteiger partial charge on any atom is 0.307 e. The number of rotatable bonds is 10. The average molecular weight is 780 g/mol. The van der Waals surface area contributed by atoms with E-state index in [4.69, 9.17) is 14.2 Å². The quantitative estimate of drug-likeness (QED) is 0.214. The number of esters is 1. The highest BCUT2D eigenvalue weighted by Crippen LogP contribution is 2.57. The van der Waals surface area contributed by atoms with Crippen LogP contribution >= 0.6 is 0 Å². The molecule has 1 N–H and O–H groups in total. The predicted octanol–water partition coefficient (Wildman–Crippen LogP) is 6.31. The predicted molar refractivity (Wildman–Crippen MR) is 208 cm³/mol. The highest BCUT2D eigenvalue weighted by molar-refractivity contribution is 7.90. The monoisotopic (exact) mass is 779 g/mol. The number of carbonyl (C=O) groups is 4. The van der Waals surface area contributed by atoms with Crippen LogP contribution in [0, 0.1) is 29.1 Å². The smallest absolute Gasteiger partial charge is 0.307 e. The minimum Gasteiger partial charge on any atom is -0.491 e. The Morgan fingerprint density at radius 1 is 1.05 bits per heavy atom. The molecule has 55 heavy (non-hydrogen) atoms. The lowest BCUT2D eigenvalue weighted by Gasteiger charge is -2.32. The Balaban J connectivity index is 1.34. The topological polar surface area (TPSA) is 158 Å². The number of benzene rings is 1. The lowest BCUT2D eigenvalue weighted by molar-refractivity contribution is -0.160. The van der Waals surface area contributed by atoms with Gasteiger partial charge in [-0.05, 0) is 89.5 Å². The lowest BCUT2D eigenvalue weighted by Crippen LogP contribution is -2.47. The molecular weight excluding hydrogens is 723 g/mol. The SMILES string of the molecule is CCCOc1cnc(O[C@@H]2C[C@H]3C(=O)C[C@]4(C(=O)NS(=O)(=O)C5CC5)C[C@H]4/C=C\CC[C@@H](C)C[C@@H](C)[C@H](CC(=O)OC(C)(C)C)C(=O)N3C2)c2ccccc12. The number of allylic oxidation sites excluding steroid dienone is 2. The molecule has 12 nitrogen and oxygen atoms in total. The number of pyridine rings is 1. The Morgan fingerprint density at radius 3 is 2.47 bits per heavy atom. The molecule has 3 heterocycles. The number of ether oxygens (including phenoxy) is 3. The molecule has 2 aliphatic carbocycles. The molecule has 6 rings (SSSR count). The standard InChI is InChI=1S/C42H57N3O9S/c1-7-18-52-36-24-43-38(32-15-11-10-14-31(32)36)53-29-20-34-35(46)23-42(40(49)44-55(50,51)30-16-17-30)22-28(42)13-9-8-12-26(2)19-27(3)33(39(48)45(34)25-29)21-37(47)54-41(4,5)6/h9-11,13-15,24,26-30,33-34H,7-8,12,16-23,25H2,1-6H3,(H,44,49)/b13-9-/t26-,27-,28-,29-,33+,34+,42-/m1/s1. The van der Waals surface area contributed by atoms with E-state index in [-0.39, 0.29) is 55.3 Å². The molecule has 2 saturated carbocycles. The Hall–Kier alpha value is -4.00. The summed E-state index contributed by atoms with van der Waals surface area (Å²) in [5, 5.41) is 0.953. The molecule has 2 aromatic rings. The third kappa shape index (κ3) is 9.52. The number of ketones is 1. The number of fused-ring (bicyclic) bond motifs is 3. The lowest BCUT2D eigenvalue weighted by atomic mass is 9.82. The van der Waals surface area contributed by atoms with Crippen LogP contribution in [-0.2, 0) is 33.9 Å². The van der Waals surface area contributed by atoms with Crippen molar-refractivity contribution in [2.45, 2.75) is 129 Å². The van der Waals surface area contributed by atoms with Crippen molar-refractivity contribution in [3.05, 3.63) is 42.6 Å². The average Bonchev–Trinajstić information content (AvgIpc) is 4.04.